The van der Waals surface area contributed by atoms with Gasteiger partial charge in [-0.1, -0.05) is 6.07 Å². The van der Waals surface area contributed by atoms with Gasteiger partial charge in [-0.3, -0.25) is 4.99 Å². The molecule has 1 aliphatic rings. The van der Waals surface area contributed by atoms with Gasteiger partial charge in [-0.25, -0.2) is 0 Å². The van der Waals surface area contributed by atoms with Crippen LogP contribution in [-0.2, 0) is 9.47 Å². The number of benzene rings is 1. The standard InChI is InChI=1S/C16H25N3O2/c1-12-4-5-14(10-13(12)2)19-15(17)18-11-16(20-3)6-8-21-9-7-16/h4-5,10H,6-9,11H2,1-3H3,(H3,17,18,19). The molecule has 1 heterocycles. The van der Waals surface area contributed by atoms with Crippen LogP contribution in [0.2, 0.25) is 0 Å². The third kappa shape index (κ3) is 4.19. The van der Waals surface area contributed by atoms with Gasteiger partial charge in [0.15, 0.2) is 5.96 Å². The maximum absolute atomic E-state index is 5.98. The molecule has 3 N–H and O–H groups in total. The van der Waals surface area contributed by atoms with Crippen LogP contribution >= 0.6 is 0 Å². The van der Waals surface area contributed by atoms with Gasteiger partial charge >= 0.3 is 0 Å². The lowest BCUT2D eigenvalue weighted by molar-refractivity contribution is -0.0828. The largest absolute Gasteiger partial charge is 0.381 e. The van der Waals surface area contributed by atoms with Gasteiger partial charge in [-0.2, -0.15) is 0 Å². The Morgan fingerprint density at radius 3 is 2.67 bits per heavy atom. The van der Waals surface area contributed by atoms with Gasteiger partial charge < -0.3 is 20.5 Å². The van der Waals surface area contributed by atoms with E-state index in [1.165, 1.54) is 11.1 Å². The normalized spacial score (nSPS) is 18.5. The molecule has 5 heteroatoms. The Balaban J connectivity index is 1.98. The quantitative estimate of drug-likeness (QED) is 0.659. The van der Waals surface area contributed by atoms with E-state index >= 15 is 0 Å². The highest BCUT2D eigenvalue weighted by Crippen LogP contribution is 2.24. The highest BCUT2D eigenvalue weighted by Gasteiger charge is 2.32. The second-order valence-corrected chi connectivity index (χ2v) is 5.63. The van der Waals surface area contributed by atoms with Crippen LogP contribution in [0.15, 0.2) is 23.2 Å². The molecular weight excluding hydrogens is 266 g/mol. The first-order chi connectivity index (χ1) is 10.0. The number of guanidine groups is 1. The summed E-state index contributed by atoms with van der Waals surface area (Å²) >= 11 is 0. The lowest BCUT2D eigenvalue weighted by atomic mass is 9.94. The minimum absolute atomic E-state index is 0.242. The number of ether oxygens (including phenoxy) is 2. The van der Waals surface area contributed by atoms with E-state index in [4.69, 9.17) is 15.2 Å². The van der Waals surface area contributed by atoms with Crippen LogP contribution in [-0.4, -0.2) is 38.4 Å². The van der Waals surface area contributed by atoms with E-state index < -0.39 is 0 Å². The summed E-state index contributed by atoms with van der Waals surface area (Å²) < 4.78 is 11.0. The van der Waals surface area contributed by atoms with Crippen molar-refractivity contribution in [2.75, 3.05) is 32.2 Å². The van der Waals surface area contributed by atoms with Crippen LogP contribution < -0.4 is 11.1 Å². The maximum atomic E-state index is 5.98. The molecule has 0 unspecified atom stereocenters. The molecule has 1 aromatic carbocycles. The van der Waals surface area contributed by atoms with Crippen LogP contribution in [0.3, 0.4) is 0 Å². The van der Waals surface area contributed by atoms with Crippen molar-refractivity contribution >= 4 is 11.6 Å². The Morgan fingerprint density at radius 1 is 1.33 bits per heavy atom. The van der Waals surface area contributed by atoms with Gasteiger partial charge in [0.1, 0.15) is 0 Å². The number of rotatable bonds is 4. The molecule has 0 radical (unpaired) electrons. The summed E-state index contributed by atoms with van der Waals surface area (Å²) in [5.74, 6) is 0.418. The number of methoxy groups -OCH3 is 1. The highest BCUT2D eigenvalue weighted by molar-refractivity contribution is 5.92. The molecule has 5 nitrogen and oxygen atoms in total. The monoisotopic (exact) mass is 291 g/mol. The van der Waals surface area contributed by atoms with Crippen molar-refractivity contribution in [2.45, 2.75) is 32.3 Å². The number of hydrogen-bond acceptors (Lipinski definition) is 3. The van der Waals surface area contributed by atoms with Crippen molar-refractivity contribution in [3.8, 4) is 0 Å². The Morgan fingerprint density at radius 2 is 2.05 bits per heavy atom. The molecule has 0 saturated carbocycles. The zero-order valence-corrected chi connectivity index (χ0v) is 13.1. The van der Waals surface area contributed by atoms with Crippen molar-refractivity contribution < 1.29 is 9.47 Å². The second kappa shape index (κ2) is 6.91. The fraction of sp³-hybridized carbons (Fsp3) is 0.562. The minimum atomic E-state index is -0.242. The topological polar surface area (TPSA) is 68.9 Å². The summed E-state index contributed by atoms with van der Waals surface area (Å²) in [5, 5.41) is 3.13. The van der Waals surface area contributed by atoms with E-state index in [1.54, 1.807) is 7.11 Å². The molecule has 1 aliphatic heterocycles. The van der Waals surface area contributed by atoms with Gasteiger partial charge in [-0.05, 0) is 37.1 Å². The van der Waals surface area contributed by atoms with Crippen LogP contribution in [0.5, 0.6) is 0 Å². The van der Waals surface area contributed by atoms with Crippen LogP contribution in [0.4, 0.5) is 5.69 Å². The lowest BCUT2D eigenvalue weighted by Crippen LogP contribution is -2.42. The summed E-state index contributed by atoms with van der Waals surface area (Å²) in [7, 11) is 1.73. The fourth-order valence-corrected chi connectivity index (χ4v) is 2.41. The van der Waals surface area contributed by atoms with E-state index in [0.29, 0.717) is 25.7 Å². The number of nitrogens with two attached hydrogens (primary N) is 1. The number of hydrogen-bond donors (Lipinski definition) is 2. The van der Waals surface area contributed by atoms with Gasteiger partial charge in [0, 0.05) is 38.9 Å². The molecule has 1 fully saturated rings. The fourth-order valence-electron chi connectivity index (χ4n) is 2.41. The van der Waals surface area contributed by atoms with E-state index in [9.17, 15) is 0 Å². The van der Waals surface area contributed by atoms with Gasteiger partial charge in [0.05, 0.1) is 12.1 Å². The maximum Gasteiger partial charge on any atom is 0.193 e. The van der Waals surface area contributed by atoms with Gasteiger partial charge in [-0.15, -0.1) is 0 Å². The van der Waals surface area contributed by atoms with Gasteiger partial charge in [0.2, 0.25) is 0 Å². The summed E-state index contributed by atoms with van der Waals surface area (Å²) in [6.07, 6.45) is 1.70. The summed E-state index contributed by atoms with van der Waals surface area (Å²) in [5.41, 5.74) is 9.18. The molecular formula is C16H25N3O2. The summed E-state index contributed by atoms with van der Waals surface area (Å²) in [6.45, 7) is 6.15. The van der Waals surface area contributed by atoms with E-state index in [1.807, 2.05) is 6.07 Å². The first-order valence-corrected chi connectivity index (χ1v) is 7.32. The van der Waals surface area contributed by atoms with Crippen LogP contribution in [0.25, 0.3) is 0 Å². The number of aliphatic imine (C=N–C) groups is 1. The molecule has 1 aromatic rings. The van der Waals surface area contributed by atoms with Crippen molar-refractivity contribution in [3.05, 3.63) is 29.3 Å². The number of nitrogens with one attached hydrogen (secondary N) is 1. The lowest BCUT2D eigenvalue weighted by Gasteiger charge is -2.34. The Hall–Kier alpha value is -1.59. The minimum Gasteiger partial charge on any atom is -0.381 e. The molecule has 0 amide bonds. The first kappa shape index (κ1) is 15.8. The smallest absolute Gasteiger partial charge is 0.193 e. The second-order valence-electron chi connectivity index (χ2n) is 5.63. The van der Waals surface area contributed by atoms with Crippen molar-refractivity contribution in [3.63, 3.8) is 0 Å². The van der Waals surface area contributed by atoms with Crippen LogP contribution in [0.1, 0.15) is 24.0 Å². The predicted molar refractivity (Wildman–Crippen MR) is 85.8 cm³/mol. The van der Waals surface area contributed by atoms with Crippen LogP contribution in [0, 0.1) is 13.8 Å². The molecule has 2 rings (SSSR count). The van der Waals surface area contributed by atoms with E-state index in [-0.39, 0.29) is 5.60 Å². The highest BCUT2D eigenvalue weighted by atomic mass is 16.5. The molecule has 0 aliphatic carbocycles. The molecule has 21 heavy (non-hydrogen) atoms. The Kier molecular flexibility index (Phi) is 5.20. The number of nitrogens with zero attached hydrogens (tertiary/aromatic N) is 1. The van der Waals surface area contributed by atoms with E-state index in [2.05, 4.69) is 36.3 Å². The van der Waals surface area contributed by atoms with Crippen molar-refractivity contribution in [1.29, 1.82) is 0 Å². The van der Waals surface area contributed by atoms with E-state index in [0.717, 1.165) is 18.5 Å². The molecule has 0 spiro atoms. The summed E-state index contributed by atoms with van der Waals surface area (Å²) in [6, 6.07) is 6.14. The van der Waals surface area contributed by atoms with Crippen molar-refractivity contribution in [2.24, 2.45) is 10.7 Å². The molecule has 0 bridgehead atoms. The number of aryl methyl sites for hydroxylation is 2. The van der Waals surface area contributed by atoms with Gasteiger partial charge in [0.25, 0.3) is 0 Å². The predicted octanol–water partition coefficient (Wildman–Crippen LogP) is 2.23. The Bertz CT molecular complexity index is 508. The molecule has 0 atom stereocenters. The Labute approximate surface area is 126 Å². The SMILES string of the molecule is COC1(CN=C(N)Nc2ccc(C)c(C)c2)CCOCC1. The first-order valence-electron chi connectivity index (χ1n) is 7.32. The number of anilines is 1. The average molecular weight is 291 g/mol. The third-order valence-corrected chi connectivity index (χ3v) is 4.15. The molecule has 1 saturated heterocycles. The average Bonchev–Trinajstić information content (AvgIpc) is 2.50. The molecule has 0 aromatic heterocycles. The zero-order chi connectivity index (χ0) is 15.3. The third-order valence-electron chi connectivity index (χ3n) is 4.15. The molecule has 116 valence electrons. The summed E-state index contributed by atoms with van der Waals surface area (Å²) in [4.78, 5) is 4.44. The van der Waals surface area contributed by atoms with Crippen molar-refractivity contribution in [1.82, 2.24) is 0 Å². The zero-order valence-electron chi connectivity index (χ0n) is 13.1.